The van der Waals surface area contributed by atoms with Crippen molar-refractivity contribution in [2.75, 3.05) is 0 Å². The minimum absolute atomic E-state index is 0.0265. The Balaban J connectivity index is 1.49. The van der Waals surface area contributed by atoms with Gasteiger partial charge in [-0.15, -0.1) is 0 Å². The molecular formula is C21H20F4N4O3. The Bertz CT molecular complexity index is 1120. The second-order valence-corrected chi connectivity index (χ2v) is 8.10. The zero-order valence-electron chi connectivity index (χ0n) is 16.8. The van der Waals surface area contributed by atoms with Crippen molar-refractivity contribution in [2.45, 2.75) is 50.5 Å². The first-order valence-electron chi connectivity index (χ1n) is 10.1. The number of allylic oxidation sites excluding steroid dienone is 2. The van der Waals surface area contributed by atoms with Crippen LogP contribution in [0.25, 0.3) is 10.9 Å². The number of fused-ring (bicyclic) bond motifs is 2. The number of rotatable bonds is 7. The highest BCUT2D eigenvalue weighted by Gasteiger charge is 2.55. The molecule has 0 unspecified atom stereocenters. The molecule has 1 saturated heterocycles. The number of carbonyl (C=O) groups is 3. The lowest BCUT2D eigenvalue weighted by molar-refractivity contribution is -0.139. The summed E-state index contributed by atoms with van der Waals surface area (Å²) in [5, 5.41) is 4.65. The number of aromatic nitrogens is 2. The minimum atomic E-state index is -4.79. The number of piperidine rings is 1. The van der Waals surface area contributed by atoms with Crippen LogP contribution < -0.4 is 5.73 Å². The molecule has 170 valence electrons. The Morgan fingerprint density at radius 1 is 1.16 bits per heavy atom. The van der Waals surface area contributed by atoms with Crippen LogP contribution in [0.2, 0.25) is 0 Å². The number of likely N-dealkylation sites (tertiary alicyclic amines) is 1. The van der Waals surface area contributed by atoms with Crippen LogP contribution >= 0.6 is 0 Å². The van der Waals surface area contributed by atoms with Crippen LogP contribution in [0, 0.1) is 5.92 Å². The molecule has 1 saturated carbocycles. The maximum Gasteiger partial charge on any atom is 0.412 e. The Kier molecular flexibility index (Phi) is 5.51. The lowest BCUT2D eigenvalue weighted by atomic mass is 10.0. The van der Waals surface area contributed by atoms with Crippen LogP contribution in [0.1, 0.15) is 36.2 Å². The van der Waals surface area contributed by atoms with Gasteiger partial charge in [-0.25, -0.2) is 4.39 Å². The normalized spacial score (nSPS) is 22.8. The Labute approximate surface area is 179 Å². The van der Waals surface area contributed by atoms with Crippen LogP contribution in [0.3, 0.4) is 0 Å². The van der Waals surface area contributed by atoms with Gasteiger partial charge in [0.2, 0.25) is 5.91 Å². The zero-order valence-corrected chi connectivity index (χ0v) is 16.8. The first-order valence-corrected chi connectivity index (χ1v) is 10.1. The van der Waals surface area contributed by atoms with Gasteiger partial charge in [0.15, 0.2) is 11.5 Å². The zero-order chi connectivity index (χ0) is 23.2. The summed E-state index contributed by atoms with van der Waals surface area (Å²) in [5.41, 5.74) is 5.93. The summed E-state index contributed by atoms with van der Waals surface area (Å²) in [5.74, 6) is -2.88. The van der Waals surface area contributed by atoms with Crippen molar-refractivity contribution in [1.29, 1.82) is 0 Å². The number of primary amides is 1. The van der Waals surface area contributed by atoms with Crippen molar-refractivity contribution >= 4 is 28.5 Å². The fourth-order valence-corrected chi connectivity index (χ4v) is 4.40. The molecule has 2 amide bonds. The highest BCUT2D eigenvalue weighted by Crippen LogP contribution is 2.48. The van der Waals surface area contributed by atoms with Gasteiger partial charge < -0.3 is 10.6 Å². The Hall–Kier alpha value is -3.24. The quantitative estimate of drug-likeness (QED) is 0.653. The maximum atomic E-state index is 13.4. The van der Waals surface area contributed by atoms with Crippen LogP contribution in [0.15, 0.2) is 36.2 Å². The number of Topliss-reactive ketones (excluding diaryl/α,β-unsaturated/α-hetero) is 1. The smallest absolute Gasteiger partial charge is 0.364 e. The van der Waals surface area contributed by atoms with E-state index in [2.05, 4.69) is 5.10 Å². The molecule has 1 aromatic heterocycles. The van der Waals surface area contributed by atoms with Gasteiger partial charge in [0.05, 0.1) is 17.6 Å². The van der Waals surface area contributed by atoms with Gasteiger partial charge >= 0.3 is 6.18 Å². The number of ketones is 1. The molecule has 32 heavy (non-hydrogen) atoms. The van der Waals surface area contributed by atoms with Crippen molar-refractivity contribution in [2.24, 2.45) is 11.7 Å². The molecular weight excluding hydrogens is 432 g/mol. The van der Waals surface area contributed by atoms with Crippen molar-refractivity contribution in [3.05, 3.63) is 41.9 Å². The summed E-state index contributed by atoms with van der Waals surface area (Å²) in [6, 6.07) is 5.85. The van der Waals surface area contributed by atoms with Gasteiger partial charge in [-0.2, -0.15) is 18.3 Å². The summed E-state index contributed by atoms with van der Waals surface area (Å²) in [6.45, 7) is -0.233. The summed E-state index contributed by atoms with van der Waals surface area (Å²) in [7, 11) is 0. The summed E-state index contributed by atoms with van der Waals surface area (Å²) < 4.78 is 51.5. The van der Waals surface area contributed by atoms with Crippen molar-refractivity contribution < 1.29 is 31.9 Å². The van der Waals surface area contributed by atoms with E-state index in [4.69, 9.17) is 5.73 Å². The van der Waals surface area contributed by atoms with E-state index in [0.29, 0.717) is 17.3 Å². The number of nitrogens with zero attached hydrogens (tertiary/aromatic N) is 3. The first kappa shape index (κ1) is 22.0. The summed E-state index contributed by atoms with van der Waals surface area (Å²) >= 11 is 0. The summed E-state index contributed by atoms with van der Waals surface area (Å²) in [6.07, 6.45) is -5.20. The number of para-hydroxylation sites is 1. The van der Waals surface area contributed by atoms with Gasteiger partial charge in [0.1, 0.15) is 12.4 Å². The third-order valence-electron chi connectivity index (χ3n) is 5.87. The number of hydrogen-bond acceptors (Lipinski definition) is 4. The maximum absolute atomic E-state index is 13.4. The van der Waals surface area contributed by atoms with Crippen molar-refractivity contribution in [3.8, 4) is 0 Å². The molecule has 2 aliphatic rings. The third kappa shape index (κ3) is 4.37. The minimum Gasteiger partial charge on any atom is -0.364 e. The predicted molar refractivity (Wildman–Crippen MR) is 105 cm³/mol. The molecule has 0 spiro atoms. The molecule has 4 rings (SSSR count). The second-order valence-electron chi connectivity index (χ2n) is 8.10. The number of hydrogen-bond donors (Lipinski definition) is 1. The average molecular weight is 452 g/mol. The van der Waals surface area contributed by atoms with Gasteiger partial charge in [-0.05, 0) is 24.8 Å². The van der Waals surface area contributed by atoms with E-state index in [0.717, 1.165) is 6.42 Å². The Morgan fingerprint density at radius 3 is 2.56 bits per heavy atom. The molecule has 2 aromatic rings. The van der Waals surface area contributed by atoms with E-state index in [9.17, 15) is 31.9 Å². The number of nitrogens with two attached hydrogens (primary N) is 1. The third-order valence-corrected chi connectivity index (χ3v) is 5.87. The molecule has 1 aromatic carbocycles. The highest BCUT2D eigenvalue weighted by molar-refractivity contribution is 6.04. The molecule has 2 N–H and O–H groups in total. The van der Waals surface area contributed by atoms with Gasteiger partial charge in [0.25, 0.3) is 5.91 Å². The average Bonchev–Trinajstić information content (AvgIpc) is 3.21. The molecule has 7 nitrogen and oxygen atoms in total. The van der Waals surface area contributed by atoms with E-state index in [1.54, 1.807) is 24.3 Å². The van der Waals surface area contributed by atoms with E-state index in [-0.39, 0.29) is 24.2 Å². The van der Waals surface area contributed by atoms with Crippen molar-refractivity contribution in [3.63, 3.8) is 0 Å². The van der Waals surface area contributed by atoms with Crippen LogP contribution in [0.5, 0.6) is 0 Å². The molecule has 1 aliphatic carbocycles. The van der Waals surface area contributed by atoms with E-state index < -0.39 is 54.6 Å². The SMILES string of the molecule is NC(=O)c1nn(CC(=O)N2[C@@H]3C[C@@H]3C[C@H]2C(=O)CC/C(F)=C/C(F)(F)F)c2ccccc12. The molecule has 11 heteroatoms. The van der Waals surface area contributed by atoms with Gasteiger partial charge in [-0.3, -0.25) is 19.1 Å². The molecule has 3 atom stereocenters. The molecule has 2 fully saturated rings. The predicted octanol–water partition coefficient (Wildman–Crippen LogP) is 2.89. The fraction of sp³-hybridized carbons (Fsp3) is 0.429. The lowest BCUT2D eigenvalue weighted by Gasteiger charge is -2.26. The number of carbonyl (C=O) groups excluding carboxylic acids is 3. The molecule has 0 radical (unpaired) electrons. The fourth-order valence-electron chi connectivity index (χ4n) is 4.40. The first-order chi connectivity index (χ1) is 15.0. The highest BCUT2D eigenvalue weighted by atomic mass is 19.4. The van der Waals surface area contributed by atoms with Gasteiger partial charge in [-0.1, -0.05) is 18.2 Å². The van der Waals surface area contributed by atoms with E-state index in [1.165, 1.54) is 9.58 Å². The number of halogens is 4. The topological polar surface area (TPSA) is 98.3 Å². The Morgan fingerprint density at radius 2 is 1.88 bits per heavy atom. The van der Waals surface area contributed by atoms with E-state index in [1.807, 2.05) is 0 Å². The van der Waals surface area contributed by atoms with Crippen molar-refractivity contribution in [1.82, 2.24) is 14.7 Å². The largest absolute Gasteiger partial charge is 0.412 e. The standard InChI is InChI=1S/C21H20F4N4O3/c22-12(9-21(23,24)25)5-6-17(30)16-8-11-7-15(11)29(16)18(31)10-28-14-4-2-1-3-13(14)19(27-28)20(26)32/h1-4,9,11,15-16H,5-8,10H2,(H2,26,32)/b12-9-/t11-,15-,16+/m1/s1. The number of alkyl halides is 3. The van der Waals surface area contributed by atoms with Crippen LogP contribution in [-0.2, 0) is 16.1 Å². The number of amides is 2. The van der Waals surface area contributed by atoms with E-state index >= 15 is 0 Å². The van der Waals surface area contributed by atoms with Crippen LogP contribution in [-0.4, -0.2) is 50.5 Å². The number of benzene rings is 1. The lowest BCUT2D eigenvalue weighted by Crippen LogP contribution is -2.44. The molecule has 2 heterocycles. The van der Waals surface area contributed by atoms with Gasteiger partial charge in [0, 0.05) is 24.3 Å². The summed E-state index contributed by atoms with van der Waals surface area (Å²) in [4.78, 5) is 38.8. The van der Waals surface area contributed by atoms with Crippen LogP contribution in [0.4, 0.5) is 17.6 Å². The second kappa shape index (κ2) is 8.03. The molecule has 1 aliphatic heterocycles. The monoisotopic (exact) mass is 452 g/mol. The molecule has 0 bridgehead atoms.